The van der Waals surface area contributed by atoms with Gasteiger partial charge in [0.25, 0.3) is 5.91 Å². The summed E-state index contributed by atoms with van der Waals surface area (Å²) in [6.45, 7) is 2.26. The van der Waals surface area contributed by atoms with Crippen LogP contribution in [0.4, 0.5) is 0 Å². The average Bonchev–Trinajstić information content (AvgIpc) is 3.22. The second-order valence-electron chi connectivity index (χ2n) is 5.04. The molecule has 3 aromatic rings. The molecule has 0 atom stereocenters. The molecule has 1 N–H and O–H groups in total. The van der Waals surface area contributed by atoms with Gasteiger partial charge in [-0.05, 0) is 36.1 Å². The second kappa shape index (κ2) is 7.11. The molecule has 0 unspecified atom stereocenters. The average molecular weight is 328 g/mol. The van der Waals surface area contributed by atoms with Gasteiger partial charge < -0.3 is 14.6 Å². The number of aromatic nitrogens is 1. The third-order valence-corrected chi connectivity index (χ3v) is 4.03. The minimum atomic E-state index is -0.202. The summed E-state index contributed by atoms with van der Waals surface area (Å²) in [5.41, 5.74) is 1.77. The van der Waals surface area contributed by atoms with Crippen LogP contribution in [0, 0.1) is 6.92 Å². The van der Waals surface area contributed by atoms with E-state index in [1.165, 1.54) is 0 Å². The van der Waals surface area contributed by atoms with E-state index in [1.54, 1.807) is 11.3 Å². The number of aryl methyl sites for hydroxylation is 1. The summed E-state index contributed by atoms with van der Waals surface area (Å²) < 4.78 is 10.7. The van der Waals surface area contributed by atoms with E-state index in [2.05, 4.69) is 10.5 Å². The van der Waals surface area contributed by atoms with Gasteiger partial charge >= 0.3 is 0 Å². The molecule has 2 aromatic heterocycles. The molecule has 2 heterocycles. The van der Waals surface area contributed by atoms with Gasteiger partial charge in [0.05, 0.1) is 11.4 Å². The molecule has 0 saturated carbocycles. The largest absolute Gasteiger partial charge is 0.484 e. The molecule has 0 bridgehead atoms. The van der Waals surface area contributed by atoms with E-state index >= 15 is 0 Å². The molecule has 1 aromatic carbocycles. The number of carbonyl (C=O) groups excluding carboxylic acids is 1. The van der Waals surface area contributed by atoms with Gasteiger partial charge in [-0.2, -0.15) is 0 Å². The van der Waals surface area contributed by atoms with E-state index in [9.17, 15) is 4.79 Å². The van der Waals surface area contributed by atoms with Gasteiger partial charge in [0.15, 0.2) is 12.4 Å². The number of amides is 1. The van der Waals surface area contributed by atoms with Crippen molar-refractivity contribution in [2.45, 2.75) is 13.5 Å². The highest BCUT2D eigenvalue weighted by molar-refractivity contribution is 7.13. The first kappa shape index (κ1) is 15.3. The van der Waals surface area contributed by atoms with Crippen LogP contribution in [0.25, 0.3) is 10.6 Å². The lowest BCUT2D eigenvalue weighted by molar-refractivity contribution is -0.123. The number of benzene rings is 1. The Labute approximate surface area is 137 Å². The third-order valence-electron chi connectivity index (χ3n) is 3.15. The fourth-order valence-electron chi connectivity index (χ4n) is 2.02. The van der Waals surface area contributed by atoms with Crippen LogP contribution in [-0.4, -0.2) is 17.7 Å². The molecule has 6 heteroatoms. The van der Waals surface area contributed by atoms with Gasteiger partial charge in [-0.25, -0.2) is 0 Å². The van der Waals surface area contributed by atoms with Crippen molar-refractivity contribution in [2.24, 2.45) is 0 Å². The Morgan fingerprint density at radius 3 is 3.00 bits per heavy atom. The lowest BCUT2D eigenvalue weighted by Crippen LogP contribution is -2.28. The Morgan fingerprint density at radius 1 is 1.30 bits per heavy atom. The fourth-order valence-corrected chi connectivity index (χ4v) is 2.70. The lowest BCUT2D eigenvalue weighted by Gasteiger charge is -2.06. The molecular formula is C17H16N2O3S. The van der Waals surface area contributed by atoms with Crippen LogP contribution >= 0.6 is 11.3 Å². The zero-order valence-electron chi connectivity index (χ0n) is 12.6. The minimum Gasteiger partial charge on any atom is -0.484 e. The molecule has 1 amide bonds. The lowest BCUT2D eigenvalue weighted by atomic mass is 10.2. The van der Waals surface area contributed by atoms with Crippen molar-refractivity contribution in [3.8, 4) is 16.4 Å². The maximum atomic E-state index is 11.8. The van der Waals surface area contributed by atoms with E-state index in [0.29, 0.717) is 23.7 Å². The van der Waals surface area contributed by atoms with Crippen LogP contribution in [0.15, 0.2) is 52.4 Å². The van der Waals surface area contributed by atoms with Crippen molar-refractivity contribution in [3.05, 3.63) is 59.1 Å². The van der Waals surface area contributed by atoms with Crippen LogP contribution in [0.3, 0.4) is 0 Å². The Kier molecular flexibility index (Phi) is 4.73. The summed E-state index contributed by atoms with van der Waals surface area (Å²) in [5, 5.41) is 8.68. The number of hydrogen-bond donors (Lipinski definition) is 1. The monoisotopic (exact) mass is 328 g/mol. The van der Waals surface area contributed by atoms with E-state index in [1.807, 2.05) is 54.8 Å². The molecule has 0 saturated heterocycles. The molecule has 23 heavy (non-hydrogen) atoms. The van der Waals surface area contributed by atoms with E-state index < -0.39 is 0 Å². The predicted octanol–water partition coefficient (Wildman–Crippen LogP) is 3.41. The van der Waals surface area contributed by atoms with Crippen molar-refractivity contribution in [2.75, 3.05) is 6.61 Å². The molecule has 0 radical (unpaired) electrons. The molecule has 0 spiro atoms. The molecule has 5 nitrogen and oxygen atoms in total. The Hall–Kier alpha value is -2.60. The zero-order valence-corrected chi connectivity index (χ0v) is 13.4. The van der Waals surface area contributed by atoms with Gasteiger partial charge in [-0.15, -0.1) is 11.3 Å². The fraction of sp³-hybridized carbons (Fsp3) is 0.176. The zero-order chi connectivity index (χ0) is 16.1. The standard InChI is InChI=1S/C17H16N2O3S/c1-12-4-2-5-14(8-12)21-11-17(20)18-10-13-9-15(22-19-13)16-6-3-7-23-16/h2-9H,10-11H2,1H3,(H,18,20). The van der Waals surface area contributed by atoms with Gasteiger partial charge in [0.2, 0.25) is 0 Å². The maximum absolute atomic E-state index is 11.8. The molecule has 3 rings (SSSR count). The quantitative estimate of drug-likeness (QED) is 0.753. The summed E-state index contributed by atoms with van der Waals surface area (Å²) in [6.07, 6.45) is 0. The van der Waals surface area contributed by atoms with E-state index in [4.69, 9.17) is 9.26 Å². The predicted molar refractivity (Wildman–Crippen MR) is 88.3 cm³/mol. The molecule has 118 valence electrons. The molecule has 0 aliphatic rings. The Balaban J connectivity index is 1.47. The maximum Gasteiger partial charge on any atom is 0.258 e. The summed E-state index contributed by atoms with van der Waals surface area (Å²) in [6, 6.07) is 13.3. The van der Waals surface area contributed by atoms with E-state index in [0.717, 1.165) is 10.4 Å². The second-order valence-corrected chi connectivity index (χ2v) is 5.99. The number of carbonyl (C=O) groups is 1. The summed E-state index contributed by atoms with van der Waals surface area (Å²) in [7, 11) is 0. The van der Waals surface area contributed by atoms with E-state index in [-0.39, 0.29) is 12.5 Å². The first-order valence-electron chi connectivity index (χ1n) is 7.16. The highest BCUT2D eigenvalue weighted by atomic mass is 32.1. The smallest absolute Gasteiger partial charge is 0.258 e. The number of thiophene rings is 1. The van der Waals surface area contributed by atoms with Gasteiger partial charge in [0.1, 0.15) is 11.4 Å². The van der Waals surface area contributed by atoms with Gasteiger partial charge in [0, 0.05) is 6.07 Å². The number of ether oxygens (including phenoxy) is 1. The Bertz CT molecular complexity index is 781. The molecular weight excluding hydrogens is 312 g/mol. The van der Waals surface area contributed by atoms with Crippen LogP contribution in [-0.2, 0) is 11.3 Å². The SMILES string of the molecule is Cc1cccc(OCC(=O)NCc2cc(-c3cccs3)on2)c1. The first-order chi connectivity index (χ1) is 11.2. The molecule has 0 aliphatic carbocycles. The normalized spacial score (nSPS) is 10.5. The Morgan fingerprint density at radius 2 is 2.22 bits per heavy atom. The van der Waals surface area contributed by atoms with Crippen LogP contribution in [0.2, 0.25) is 0 Å². The number of rotatable bonds is 6. The third kappa shape index (κ3) is 4.20. The van der Waals surface area contributed by atoms with Crippen molar-refractivity contribution in [1.29, 1.82) is 0 Å². The number of nitrogens with zero attached hydrogens (tertiary/aromatic N) is 1. The highest BCUT2D eigenvalue weighted by Gasteiger charge is 2.09. The van der Waals surface area contributed by atoms with Crippen molar-refractivity contribution < 1.29 is 14.1 Å². The van der Waals surface area contributed by atoms with Crippen LogP contribution < -0.4 is 10.1 Å². The van der Waals surface area contributed by atoms with Crippen LogP contribution in [0.5, 0.6) is 5.75 Å². The number of hydrogen-bond acceptors (Lipinski definition) is 5. The van der Waals surface area contributed by atoms with Crippen molar-refractivity contribution in [1.82, 2.24) is 10.5 Å². The topological polar surface area (TPSA) is 64.4 Å². The van der Waals surface area contributed by atoms with Crippen molar-refractivity contribution in [3.63, 3.8) is 0 Å². The summed E-state index contributed by atoms with van der Waals surface area (Å²) >= 11 is 1.58. The van der Waals surface area contributed by atoms with Gasteiger partial charge in [-0.3, -0.25) is 4.79 Å². The minimum absolute atomic E-state index is 0.0287. The number of nitrogens with one attached hydrogen (secondary N) is 1. The molecule has 0 fully saturated rings. The summed E-state index contributed by atoms with van der Waals surface area (Å²) in [5.74, 6) is 1.19. The van der Waals surface area contributed by atoms with Crippen LogP contribution in [0.1, 0.15) is 11.3 Å². The van der Waals surface area contributed by atoms with Crippen molar-refractivity contribution >= 4 is 17.2 Å². The first-order valence-corrected chi connectivity index (χ1v) is 8.04. The van der Waals surface area contributed by atoms with Gasteiger partial charge in [-0.1, -0.05) is 23.4 Å². The highest BCUT2D eigenvalue weighted by Crippen LogP contribution is 2.24. The summed E-state index contributed by atoms with van der Waals surface area (Å²) in [4.78, 5) is 12.8. The molecule has 0 aliphatic heterocycles.